The minimum atomic E-state index is -4.47. The minimum Gasteiger partial charge on any atom is -0.311 e. The van der Waals surface area contributed by atoms with Crippen LogP contribution in [0.4, 0.5) is 13.2 Å². The maximum Gasteiger partial charge on any atom is 0.416 e. The molecule has 0 spiro atoms. The molecule has 122 valence electrons. The van der Waals surface area contributed by atoms with Gasteiger partial charge in [0.2, 0.25) is 10.0 Å². The van der Waals surface area contributed by atoms with E-state index in [2.05, 4.69) is 10.0 Å². The molecular weight excluding hydrogens is 317 g/mol. The first-order chi connectivity index (χ1) is 10.2. The summed E-state index contributed by atoms with van der Waals surface area (Å²) >= 11 is 0. The van der Waals surface area contributed by atoms with Crippen LogP contribution in [0.2, 0.25) is 0 Å². The van der Waals surface area contributed by atoms with E-state index in [1.165, 1.54) is 0 Å². The van der Waals surface area contributed by atoms with E-state index in [1.807, 2.05) is 0 Å². The lowest BCUT2D eigenvalue weighted by Gasteiger charge is -2.29. The Labute approximate surface area is 127 Å². The van der Waals surface area contributed by atoms with Crippen molar-refractivity contribution in [1.82, 2.24) is 10.0 Å². The number of alkyl halides is 3. The molecule has 3 rings (SSSR count). The lowest BCUT2D eigenvalue weighted by molar-refractivity contribution is -0.137. The van der Waals surface area contributed by atoms with Crippen LogP contribution in [0, 0.1) is 0 Å². The molecule has 2 heterocycles. The second kappa shape index (κ2) is 5.50. The molecule has 0 aliphatic carbocycles. The van der Waals surface area contributed by atoms with Gasteiger partial charge in [0.05, 0.1) is 10.5 Å². The number of rotatable bonds is 3. The molecule has 8 heteroatoms. The normalized spacial score (nSPS) is 28.8. The Morgan fingerprint density at radius 2 is 1.59 bits per heavy atom. The second-order valence-electron chi connectivity index (χ2n) is 5.95. The van der Waals surface area contributed by atoms with Gasteiger partial charge in [0.25, 0.3) is 0 Å². The SMILES string of the molecule is O=S(=O)(NC1CC2CCC(C1)N2)c1ccc(C(F)(F)F)cc1. The van der Waals surface area contributed by atoms with E-state index in [-0.39, 0.29) is 10.9 Å². The van der Waals surface area contributed by atoms with E-state index in [0.29, 0.717) is 12.1 Å². The zero-order chi connectivity index (χ0) is 16.0. The third-order valence-corrected chi connectivity index (χ3v) is 5.82. The Morgan fingerprint density at radius 1 is 1.05 bits per heavy atom. The number of piperidine rings is 1. The Morgan fingerprint density at radius 3 is 2.09 bits per heavy atom. The Balaban J connectivity index is 1.73. The number of sulfonamides is 1. The van der Waals surface area contributed by atoms with Gasteiger partial charge in [-0.05, 0) is 49.9 Å². The molecule has 2 unspecified atom stereocenters. The number of nitrogens with one attached hydrogen (secondary N) is 2. The summed E-state index contributed by atoms with van der Waals surface area (Å²) in [5, 5.41) is 3.41. The molecule has 2 saturated heterocycles. The maximum atomic E-state index is 12.5. The molecule has 0 aromatic heterocycles. The average molecular weight is 334 g/mol. The van der Waals surface area contributed by atoms with Gasteiger partial charge in [-0.15, -0.1) is 0 Å². The number of hydrogen-bond acceptors (Lipinski definition) is 3. The summed E-state index contributed by atoms with van der Waals surface area (Å²) < 4.78 is 64.7. The zero-order valence-corrected chi connectivity index (χ0v) is 12.5. The predicted octanol–water partition coefficient (Wildman–Crippen LogP) is 2.27. The van der Waals surface area contributed by atoms with Crippen LogP contribution in [0.15, 0.2) is 29.2 Å². The van der Waals surface area contributed by atoms with Gasteiger partial charge in [-0.1, -0.05) is 0 Å². The van der Waals surface area contributed by atoms with Crippen molar-refractivity contribution in [2.24, 2.45) is 0 Å². The van der Waals surface area contributed by atoms with Gasteiger partial charge < -0.3 is 5.32 Å². The fourth-order valence-electron chi connectivity index (χ4n) is 3.26. The molecule has 0 radical (unpaired) electrons. The van der Waals surface area contributed by atoms with Gasteiger partial charge in [-0.25, -0.2) is 13.1 Å². The van der Waals surface area contributed by atoms with Crippen LogP contribution in [0.1, 0.15) is 31.2 Å². The molecule has 2 aliphatic rings. The Kier molecular flexibility index (Phi) is 3.94. The fraction of sp³-hybridized carbons (Fsp3) is 0.571. The van der Waals surface area contributed by atoms with E-state index in [0.717, 1.165) is 49.9 Å². The zero-order valence-electron chi connectivity index (χ0n) is 11.7. The highest BCUT2D eigenvalue weighted by atomic mass is 32.2. The first-order valence-corrected chi connectivity index (χ1v) is 8.68. The highest BCUT2D eigenvalue weighted by Gasteiger charge is 2.35. The average Bonchev–Trinajstić information content (AvgIpc) is 2.77. The topological polar surface area (TPSA) is 58.2 Å². The molecule has 2 aliphatic heterocycles. The van der Waals surface area contributed by atoms with Gasteiger partial charge in [-0.3, -0.25) is 0 Å². The van der Waals surface area contributed by atoms with E-state index >= 15 is 0 Å². The number of fused-ring (bicyclic) bond motifs is 2. The molecular formula is C14H17F3N2O2S. The maximum absolute atomic E-state index is 12.5. The summed E-state index contributed by atoms with van der Waals surface area (Å²) in [6, 6.07) is 4.09. The van der Waals surface area contributed by atoms with Gasteiger partial charge >= 0.3 is 6.18 Å². The molecule has 1 aromatic carbocycles. The fourth-order valence-corrected chi connectivity index (χ4v) is 4.53. The highest BCUT2D eigenvalue weighted by Crippen LogP contribution is 2.30. The van der Waals surface area contributed by atoms with Gasteiger partial charge in [0.1, 0.15) is 0 Å². The third kappa shape index (κ3) is 3.28. The lowest BCUT2D eigenvalue weighted by atomic mass is 10.0. The third-order valence-electron chi connectivity index (χ3n) is 4.29. The molecule has 2 bridgehead atoms. The number of benzene rings is 1. The summed E-state index contributed by atoms with van der Waals surface area (Å²) in [6.07, 6.45) is -0.941. The quantitative estimate of drug-likeness (QED) is 0.891. The molecule has 2 fully saturated rings. The summed E-state index contributed by atoms with van der Waals surface area (Å²) in [6.45, 7) is 0. The molecule has 1 aromatic rings. The number of hydrogen-bond donors (Lipinski definition) is 2. The molecule has 22 heavy (non-hydrogen) atoms. The van der Waals surface area contributed by atoms with Crippen molar-refractivity contribution < 1.29 is 21.6 Å². The summed E-state index contributed by atoms with van der Waals surface area (Å²) in [5.74, 6) is 0. The van der Waals surface area contributed by atoms with E-state index in [4.69, 9.17) is 0 Å². The monoisotopic (exact) mass is 334 g/mol. The van der Waals surface area contributed by atoms with E-state index in [1.54, 1.807) is 0 Å². The summed E-state index contributed by atoms with van der Waals surface area (Å²) in [7, 11) is -3.79. The Bertz CT molecular complexity index is 631. The molecule has 4 nitrogen and oxygen atoms in total. The summed E-state index contributed by atoms with van der Waals surface area (Å²) in [4.78, 5) is -0.133. The summed E-state index contributed by atoms with van der Waals surface area (Å²) in [5.41, 5.74) is -0.855. The first kappa shape index (κ1) is 15.8. The Hall–Kier alpha value is -1.12. The predicted molar refractivity (Wildman–Crippen MR) is 74.7 cm³/mol. The molecule has 2 atom stereocenters. The van der Waals surface area contributed by atoms with Crippen LogP contribution in [-0.4, -0.2) is 26.5 Å². The van der Waals surface area contributed by atoms with Crippen molar-refractivity contribution in [3.8, 4) is 0 Å². The van der Waals surface area contributed by atoms with Crippen LogP contribution < -0.4 is 10.0 Å². The first-order valence-electron chi connectivity index (χ1n) is 7.20. The van der Waals surface area contributed by atoms with Crippen molar-refractivity contribution in [2.45, 2.75) is 54.9 Å². The van der Waals surface area contributed by atoms with Crippen molar-refractivity contribution in [3.63, 3.8) is 0 Å². The molecule has 2 N–H and O–H groups in total. The van der Waals surface area contributed by atoms with Crippen molar-refractivity contribution in [3.05, 3.63) is 29.8 Å². The second-order valence-corrected chi connectivity index (χ2v) is 7.66. The van der Waals surface area contributed by atoms with E-state index < -0.39 is 21.8 Å². The van der Waals surface area contributed by atoms with Crippen molar-refractivity contribution in [2.75, 3.05) is 0 Å². The minimum absolute atomic E-state index is 0.133. The van der Waals surface area contributed by atoms with Crippen molar-refractivity contribution in [1.29, 1.82) is 0 Å². The van der Waals surface area contributed by atoms with Crippen LogP contribution >= 0.6 is 0 Å². The standard InChI is InChI=1S/C14H17F3N2O2S/c15-14(16,17)9-1-5-13(6-2-9)22(20,21)19-12-7-10-3-4-11(8-12)18-10/h1-2,5-6,10-12,18-19H,3-4,7-8H2. The van der Waals surface area contributed by atoms with Crippen molar-refractivity contribution >= 4 is 10.0 Å². The van der Waals surface area contributed by atoms with Crippen LogP contribution in [0.5, 0.6) is 0 Å². The highest BCUT2D eigenvalue weighted by molar-refractivity contribution is 7.89. The van der Waals surface area contributed by atoms with Gasteiger partial charge in [0.15, 0.2) is 0 Å². The molecule has 0 saturated carbocycles. The number of halogens is 3. The van der Waals surface area contributed by atoms with Crippen LogP contribution in [-0.2, 0) is 16.2 Å². The van der Waals surface area contributed by atoms with E-state index in [9.17, 15) is 21.6 Å². The lowest BCUT2D eigenvalue weighted by Crippen LogP contribution is -2.47. The van der Waals surface area contributed by atoms with Gasteiger partial charge in [-0.2, -0.15) is 13.2 Å². The molecule has 0 amide bonds. The van der Waals surface area contributed by atoms with Crippen LogP contribution in [0.25, 0.3) is 0 Å². The smallest absolute Gasteiger partial charge is 0.311 e. The van der Waals surface area contributed by atoms with Crippen LogP contribution in [0.3, 0.4) is 0 Å². The van der Waals surface area contributed by atoms with Gasteiger partial charge in [0, 0.05) is 18.1 Å². The largest absolute Gasteiger partial charge is 0.416 e.